The van der Waals surface area contributed by atoms with E-state index in [0.29, 0.717) is 25.9 Å². The van der Waals surface area contributed by atoms with E-state index in [4.69, 9.17) is 4.74 Å². The molecule has 4 rings (SSSR count). The predicted octanol–water partition coefficient (Wildman–Crippen LogP) is 2.25. The number of esters is 1. The SMILES string of the molecule is CCS(=O)(=O)N1CCC2(CC1)C[C@@H](CCN1CCN(c3ccc(C)cc3)CC1)OC2=O. The third kappa shape index (κ3) is 4.91. The van der Waals surface area contributed by atoms with Crippen LogP contribution in [0.1, 0.15) is 38.2 Å². The first-order chi connectivity index (χ1) is 14.8. The first-order valence-corrected chi connectivity index (χ1v) is 13.2. The number of benzene rings is 1. The van der Waals surface area contributed by atoms with Crippen molar-refractivity contribution in [3.63, 3.8) is 0 Å². The number of aryl methyl sites for hydroxylation is 1. The topological polar surface area (TPSA) is 70.2 Å². The molecule has 0 unspecified atom stereocenters. The van der Waals surface area contributed by atoms with E-state index in [9.17, 15) is 13.2 Å². The molecule has 3 fully saturated rings. The normalized spacial score (nSPS) is 25.2. The molecule has 8 heteroatoms. The largest absolute Gasteiger partial charge is 0.462 e. The molecule has 3 saturated heterocycles. The van der Waals surface area contributed by atoms with Crippen molar-refractivity contribution in [2.75, 3.05) is 56.5 Å². The summed E-state index contributed by atoms with van der Waals surface area (Å²) in [5.41, 5.74) is 2.09. The predicted molar refractivity (Wildman–Crippen MR) is 122 cm³/mol. The van der Waals surface area contributed by atoms with Crippen LogP contribution in [0, 0.1) is 12.3 Å². The molecule has 3 heterocycles. The van der Waals surface area contributed by atoms with E-state index in [2.05, 4.69) is 41.0 Å². The summed E-state index contributed by atoms with van der Waals surface area (Å²) in [5.74, 6) is -0.000196. The van der Waals surface area contributed by atoms with E-state index in [-0.39, 0.29) is 17.8 Å². The highest BCUT2D eigenvalue weighted by molar-refractivity contribution is 7.89. The smallest absolute Gasteiger partial charge is 0.312 e. The summed E-state index contributed by atoms with van der Waals surface area (Å²) >= 11 is 0. The Morgan fingerprint density at radius 3 is 2.29 bits per heavy atom. The highest BCUT2D eigenvalue weighted by Crippen LogP contribution is 2.44. The maximum absolute atomic E-state index is 12.7. The van der Waals surface area contributed by atoms with E-state index < -0.39 is 15.4 Å². The van der Waals surface area contributed by atoms with Crippen LogP contribution in [0.2, 0.25) is 0 Å². The Morgan fingerprint density at radius 1 is 1.03 bits per heavy atom. The number of rotatable bonds is 6. The van der Waals surface area contributed by atoms with Gasteiger partial charge in [0.1, 0.15) is 6.10 Å². The summed E-state index contributed by atoms with van der Waals surface area (Å²) in [6.07, 6.45) is 2.70. The Labute approximate surface area is 186 Å². The van der Waals surface area contributed by atoms with Crippen LogP contribution in [0.4, 0.5) is 5.69 Å². The van der Waals surface area contributed by atoms with Gasteiger partial charge in [-0.15, -0.1) is 0 Å². The van der Waals surface area contributed by atoms with Crippen molar-refractivity contribution in [3.05, 3.63) is 29.8 Å². The van der Waals surface area contributed by atoms with Crippen molar-refractivity contribution in [1.29, 1.82) is 0 Å². The van der Waals surface area contributed by atoms with Gasteiger partial charge < -0.3 is 9.64 Å². The number of nitrogens with zero attached hydrogens (tertiary/aromatic N) is 3. The number of anilines is 1. The second-order valence-electron chi connectivity index (χ2n) is 9.26. The van der Waals surface area contributed by atoms with Crippen LogP contribution in [-0.4, -0.2) is 81.3 Å². The van der Waals surface area contributed by atoms with Gasteiger partial charge in [-0.05, 0) is 45.2 Å². The van der Waals surface area contributed by atoms with Crippen molar-refractivity contribution in [2.45, 2.75) is 45.6 Å². The van der Waals surface area contributed by atoms with Crippen molar-refractivity contribution in [2.24, 2.45) is 5.41 Å². The molecule has 31 heavy (non-hydrogen) atoms. The molecular weight excluding hydrogens is 414 g/mol. The molecule has 0 N–H and O–H groups in total. The fourth-order valence-electron chi connectivity index (χ4n) is 5.09. The average Bonchev–Trinajstić information content (AvgIpc) is 3.08. The van der Waals surface area contributed by atoms with Crippen molar-refractivity contribution >= 4 is 21.7 Å². The lowest BCUT2D eigenvalue weighted by molar-refractivity contribution is -0.150. The zero-order chi connectivity index (χ0) is 22.1. The van der Waals surface area contributed by atoms with Crippen molar-refractivity contribution in [3.8, 4) is 0 Å². The third-order valence-corrected chi connectivity index (χ3v) is 9.18. The molecule has 0 aliphatic carbocycles. The summed E-state index contributed by atoms with van der Waals surface area (Å²) in [6.45, 7) is 9.63. The van der Waals surface area contributed by atoms with Crippen LogP contribution >= 0.6 is 0 Å². The minimum absolute atomic E-state index is 0.0445. The molecule has 172 valence electrons. The van der Waals surface area contributed by atoms with Gasteiger partial charge >= 0.3 is 5.97 Å². The molecule has 1 aromatic rings. The summed E-state index contributed by atoms with van der Waals surface area (Å²) in [5, 5.41) is 0. The number of hydrogen-bond donors (Lipinski definition) is 0. The van der Waals surface area contributed by atoms with Crippen molar-refractivity contribution in [1.82, 2.24) is 9.21 Å². The molecule has 1 atom stereocenters. The molecular formula is C23H35N3O4S. The Balaban J connectivity index is 1.23. The van der Waals surface area contributed by atoms with E-state index in [1.807, 2.05) is 0 Å². The monoisotopic (exact) mass is 449 g/mol. The van der Waals surface area contributed by atoms with Crippen LogP contribution in [0.5, 0.6) is 0 Å². The first-order valence-electron chi connectivity index (χ1n) is 11.5. The second-order valence-corrected chi connectivity index (χ2v) is 11.5. The summed E-state index contributed by atoms with van der Waals surface area (Å²) in [4.78, 5) is 17.5. The maximum atomic E-state index is 12.7. The van der Waals surface area contributed by atoms with Gasteiger partial charge in [0.05, 0.1) is 11.2 Å². The minimum atomic E-state index is -3.18. The van der Waals surface area contributed by atoms with Gasteiger partial charge in [0, 0.05) is 57.9 Å². The number of cyclic esters (lactones) is 1. The number of ether oxygens (including phenoxy) is 1. The molecule has 7 nitrogen and oxygen atoms in total. The lowest BCUT2D eigenvalue weighted by Crippen LogP contribution is -2.47. The standard InChI is InChI=1S/C23H35N3O4S/c1-3-31(28,29)26-12-9-23(10-13-26)18-21(30-22(23)27)8-11-24-14-16-25(17-15-24)20-6-4-19(2)5-7-20/h4-7,21H,3,8-18H2,1-2H3/t21-/m1/s1. The minimum Gasteiger partial charge on any atom is -0.462 e. The Bertz CT molecular complexity index is 871. The van der Waals surface area contributed by atoms with E-state index in [1.54, 1.807) is 6.92 Å². The summed E-state index contributed by atoms with van der Waals surface area (Å²) in [6, 6.07) is 8.71. The average molecular weight is 450 g/mol. The van der Waals surface area contributed by atoms with Gasteiger partial charge in [0.15, 0.2) is 0 Å². The van der Waals surface area contributed by atoms with Crippen LogP contribution in [0.3, 0.4) is 0 Å². The number of carbonyl (C=O) groups is 1. The van der Waals surface area contributed by atoms with Gasteiger partial charge in [-0.2, -0.15) is 0 Å². The molecule has 1 spiro atoms. The van der Waals surface area contributed by atoms with Crippen LogP contribution in [-0.2, 0) is 19.6 Å². The van der Waals surface area contributed by atoms with Gasteiger partial charge in [-0.1, -0.05) is 17.7 Å². The molecule has 1 aromatic carbocycles. The molecule has 0 aromatic heterocycles. The summed E-state index contributed by atoms with van der Waals surface area (Å²) < 4.78 is 31.5. The van der Waals surface area contributed by atoms with Crippen molar-refractivity contribution < 1.29 is 17.9 Å². The quantitative estimate of drug-likeness (QED) is 0.621. The number of hydrogen-bond acceptors (Lipinski definition) is 6. The Kier molecular flexibility index (Phi) is 6.60. The van der Waals surface area contributed by atoms with Gasteiger partial charge in [0.25, 0.3) is 0 Å². The van der Waals surface area contributed by atoms with Crippen LogP contribution in [0.15, 0.2) is 24.3 Å². The van der Waals surface area contributed by atoms with Crippen LogP contribution < -0.4 is 4.90 Å². The van der Waals surface area contributed by atoms with E-state index >= 15 is 0 Å². The highest BCUT2D eigenvalue weighted by atomic mass is 32.2. The lowest BCUT2D eigenvalue weighted by Gasteiger charge is -2.36. The highest BCUT2D eigenvalue weighted by Gasteiger charge is 2.51. The van der Waals surface area contributed by atoms with Gasteiger partial charge in [0.2, 0.25) is 10.0 Å². The second kappa shape index (κ2) is 9.08. The van der Waals surface area contributed by atoms with Gasteiger partial charge in [-0.3, -0.25) is 9.69 Å². The fraction of sp³-hybridized carbons (Fsp3) is 0.696. The number of piperidine rings is 1. The number of carbonyl (C=O) groups excluding carboxylic acids is 1. The first kappa shape index (κ1) is 22.6. The number of piperazine rings is 1. The van der Waals surface area contributed by atoms with Crippen LogP contribution in [0.25, 0.3) is 0 Å². The molecule has 3 aliphatic rings. The Morgan fingerprint density at radius 2 is 1.68 bits per heavy atom. The molecule has 3 aliphatic heterocycles. The zero-order valence-corrected chi connectivity index (χ0v) is 19.6. The third-order valence-electron chi connectivity index (χ3n) is 7.30. The van der Waals surface area contributed by atoms with E-state index in [0.717, 1.165) is 45.6 Å². The Hall–Kier alpha value is -1.64. The maximum Gasteiger partial charge on any atom is 0.312 e. The van der Waals surface area contributed by atoms with E-state index in [1.165, 1.54) is 15.6 Å². The lowest BCUT2D eigenvalue weighted by atomic mass is 9.76. The molecule has 0 amide bonds. The van der Waals surface area contributed by atoms with Gasteiger partial charge in [-0.25, -0.2) is 12.7 Å². The zero-order valence-electron chi connectivity index (χ0n) is 18.8. The molecule has 0 bridgehead atoms. The number of sulfonamides is 1. The molecule has 0 radical (unpaired) electrons. The fourth-order valence-corrected chi connectivity index (χ4v) is 6.20. The molecule has 0 saturated carbocycles. The summed E-state index contributed by atoms with van der Waals surface area (Å²) in [7, 11) is -3.18.